The number of benzene rings is 2. The van der Waals surface area contributed by atoms with Crippen molar-refractivity contribution in [1.29, 1.82) is 0 Å². The van der Waals surface area contributed by atoms with E-state index in [9.17, 15) is 18.0 Å². The lowest BCUT2D eigenvalue weighted by molar-refractivity contribution is -0.149. The second kappa shape index (κ2) is 8.64. The Kier molecular flexibility index (Phi) is 6.18. The normalized spacial score (nSPS) is 16.5. The van der Waals surface area contributed by atoms with Crippen LogP contribution in [0.1, 0.15) is 17.0 Å². The van der Waals surface area contributed by atoms with Gasteiger partial charge in [-0.1, -0.05) is 41.1 Å². The Bertz CT molecular complexity index is 1090. The molecule has 158 valence electrons. The van der Waals surface area contributed by atoms with Gasteiger partial charge in [-0.25, -0.2) is 13.8 Å². The van der Waals surface area contributed by atoms with E-state index in [1.54, 1.807) is 43.3 Å². The molecule has 0 radical (unpaired) electrons. The molecule has 0 aliphatic carbocycles. The first-order valence-corrected chi connectivity index (χ1v) is 10.2. The summed E-state index contributed by atoms with van der Waals surface area (Å²) in [5.74, 6) is -2.92. The summed E-state index contributed by atoms with van der Waals surface area (Å²) in [7, 11) is -2.18. The molecular weight excluding hydrogens is 414 g/mol. The Balaban J connectivity index is 2.09. The molecule has 10 heteroatoms. The van der Waals surface area contributed by atoms with E-state index in [0.717, 1.165) is 19.8 Å². The van der Waals surface area contributed by atoms with Gasteiger partial charge in [0, 0.05) is 5.56 Å². The van der Waals surface area contributed by atoms with Crippen LogP contribution in [0.25, 0.3) is 0 Å². The number of fused-ring (bicyclic) bond motifs is 1. The number of carbonyl (C=O) groups excluding carboxylic acids is 2. The van der Waals surface area contributed by atoms with Crippen LogP contribution in [0, 0.1) is 6.92 Å². The molecule has 0 N–H and O–H groups in total. The van der Waals surface area contributed by atoms with Crippen molar-refractivity contribution in [2.45, 2.75) is 23.8 Å². The van der Waals surface area contributed by atoms with E-state index < -0.39 is 34.1 Å². The highest BCUT2D eigenvalue weighted by molar-refractivity contribution is 7.86. The van der Waals surface area contributed by atoms with Gasteiger partial charge in [0.25, 0.3) is 10.1 Å². The molecule has 2 atom stereocenters. The molecule has 2 aromatic rings. The Hall–Kier alpha value is -3.24. The summed E-state index contributed by atoms with van der Waals surface area (Å²) >= 11 is 0. The first-order valence-electron chi connectivity index (χ1n) is 8.78. The maximum absolute atomic E-state index is 12.9. The predicted molar refractivity (Wildman–Crippen MR) is 105 cm³/mol. The number of oxime groups is 1. The van der Waals surface area contributed by atoms with E-state index in [0.29, 0.717) is 5.56 Å². The van der Waals surface area contributed by atoms with Gasteiger partial charge < -0.3 is 14.3 Å². The van der Waals surface area contributed by atoms with Crippen LogP contribution in [-0.2, 0) is 33.4 Å². The smallest absolute Gasteiger partial charge is 0.356 e. The van der Waals surface area contributed by atoms with Crippen LogP contribution >= 0.6 is 0 Å². The van der Waals surface area contributed by atoms with Crippen LogP contribution in [0.4, 0.5) is 0 Å². The zero-order valence-corrected chi connectivity index (χ0v) is 17.2. The highest BCUT2D eigenvalue weighted by atomic mass is 32.2. The Morgan fingerprint density at radius 3 is 2.33 bits per heavy atom. The van der Waals surface area contributed by atoms with Gasteiger partial charge in [-0.05, 0) is 25.1 Å². The number of aryl methyl sites for hydroxylation is 1. The van der Waals surface area contributed by atoms with Crippen molar-refractivity contribution in [2.24, 2.45) is 5.16 Å². The fourth-order valence-corrected chi connectivity index (χ4v) is 3.99. The first-order chi connectivity index (χ1) is 14.3. The summed E-state index contributed by atoms with van der Waals surface area (Å²) in [6.45, 7) is 1.80. The zero-order chi connectivity index (χ0) is 21.9. The molecular formula is C20H19NO8S. The van der Waals surface area contributed by atoms with E-state index in [-0.39, 0.29) is 16.4 Å². The summed E-state index contributed by atoms with van der Waals surface area (Å²) in [5.41, 5.74) is 0.838. The van der Waals surface area contributed by atoms with Crippen LogP contribution in [0.5, 0.6) is 5.75 Å². The van der Waals surface area contributed by atoms with Gasteiger partial charge in [0.1, 0.15) is 0 Å². The van der Waals surface area contributed by atoms with Crippen LogP contribution in [0.15, 0.2) is 58.6 Å². The summed E-state index contributed by atoms with van der Waals surface area (Å²) in [6, 6.07) is 12.3. The first kappa shape index (κ1) is 21.5. The highest BCUT2D eigenvalue weighted by Gasteiger charge is 2.45. The average Bonchev–Trinajstić information content (AvgIpc) is 2.76. The molecule has 30 heavy (non-hydrogen) atoms. The second-order valence-corrected chi connectivity index (χ2v) is 7.95. The molecule has 0 bridgehead atoms. The van der Waals surface area contributed by atoms with Crippen LogP contribution in [0.2, 0.25) is 0 Å². The molecule has 1 aliphatic rings. The highest BCUT2D eigenvalue weighted by Crippen LogP contribution is 2.37. The number of para-hydroxylation sites is 1. The van der Waals surface area contributed by atoms with Crippen LogP contribution < -0.4 is 4.84 Å². The minimum absolute atomic E-state index is 0.154. The molecule has 1 heterocycles. The number of nitrogens with zero attached hydrogens (tertiary/aromatic N) is 1. The Morgan fingerprint density at radius 2 is 1.70 bits per heavy atom. The Morgan fingerprint density at radius 1 is 1.03 bits per heavy atom. The standard InChI is InChI=1S/C20H19NO8S/c1-12-8-10-13(11-9-12)30(24,25)29-18(20(23)27-3)16-14-6-4-5-7-15(14)28-21-17(16)19(22)26-2/h4-11,16,18H,1-3H3/t16-,18+/m1/s1. The van der Waals surface area contributed by atoms with Gasteiger partial charge in [-0.3, -0.25) is 0 Å². The largest absolute Gasteiger partial charge is 0.467 e. The molecule has 3 rings (SSSR count). The topological polar surface area (TPSA) is 118 Å². The number of methoxy groups -OCH3 is 2. The van der Waals surface area contributed by atoms with Gasteiger partial charge in [0.05, 0.1) is 25.0 Å². The zero-order valence-electron chi connectivity index (χ0n) is 16.4. The molecule has 0 unspecified atom stereocenters. The number of rotatable bonds is 6. The fraction of sp³-hybridized carbons (Fsp3) is 0.250. The van der Waals surface area contributed by atoms with Crippen molar-refractivity contribution in [1.82, 2.24) is 0 Å². The van der Waals surface area contributed by atoms with Gasteiger partial charge in [0.2, 0.25) is 0 Å². The molecule has 2 aromatic carbocycles. The molecule has 0 fully saturated rings. The quantitative estimate of drug-likeness (QED) is 0.501. The van der Waals surface area contributed by atoms with E-state index in [1.807, 2.05) is 0 Å². The number of hydrogen-bond donors (Lipinski definition) is 0. The summed E-state index contributed by atoms with van der Waals surface area (Å²) in [5, 5.41) is 3.73. The number of esters is 2. The van der Waals surface area contributed by atoms with E-state index in [4.69, 9.17) is 18.5 Å². The summed E-state index contributed by atoms with van der Waals surface area (Å²) < 4.78 is 40.5. The fourth-order valence-electron chi connectivity index (χ4n) is 2.94. The lowest BCUT2D eigenvalue weighted by Crippen LogP contribution is -2.42. The van der Waals surface area contributed by atoms with Crippen molar-refractivity contribution in [3.63, 3.8) is 0 Å². The average molecular weight is 433 g/mol. The van der Waals surface area contributed by atoms with Crippen molar-refractivity contribution < 1.29 is 36.5 Å². The third-order valence-corrected chi connectivity index (χ3v) is 5.77. The molecule has 9 nitrogen and oxygen atoms in total. The monoisotopic (exact) mass is 433 g/mol. The summed E-state index contributed by atoms with van der Waals surface area (Å²) in [6.07, 6.45) is -1.75. The predicted octanol–water partition coefficient (Wildman–Crippen LogP) is 1.95. The van der Waals surface area contributed by atoms with Gasteiger partial charge in [-0.2, -0.15) is 8.42 Å². The van der Waals surface area contributed by atoms with Gasteiger partial charge >= 0.3 is 11.9 Å². The minimum atomic E-state index is -4.39. The van der Waals surface area contributed by atoms with Crippen molar-refractivity contribution in [2.75, 3.05) is 14.2 Å². The maximum atomic E-state index is 12.9. The molecule has 0 saturated carbocycles. The Labute approximate surface area is 173 Å². The van der Waals surface area contributed by atoms with Crippen LogP contribution in [-0.4, -0.2) is 46.4 Å². The number of carbonyl (C=O) groups is 2. The number of ether oxygens (including phenoxy) is 2. The number of hydrogen-bond acceptors (Lipinski definition) is 9. The molecule has 0 aromatic heterocycles. The van der Waals surface area contributed by atoms with Crippen molar-refractivity contribution in [3.05, 3.63) is 59.7 Å². The molecule has 0 amide bonds. The lowest BCUT2D eigenvalue weighted by atomic mass is 9.87. The molecule has 1 aliphatic heterocycles. The minimum Gasteiger partial charge on any atom is -0.467 e. The SMILES string of the molecule is COC(=O)C1=NOc2ccccc2[C@H]1[C@H](OS(=O)(=O)c1ccc(C)cc1)C(=O)OC. The van der Waals surface area contributed by atoms with Gasteiger partial charge in [0.15, 0.2) is 17.6 Å². The van der Waals surface area contributed by atoms with Gasteiger partial charge in [-0.15, -0.1) is 0 Å². The maximum Gasteiger partial charge on any atom is 0.356 e. The van der Waals surface area contributed by atoms with Crippen LogP contribution in [0.3, 0.4) is 0 Å². The second-order valence-electron chi connectivity index (χ2n) is 6.38. The molecule has 0 spiro atoms. The van der Waals surface area contributed by atoms with E-state index in [1.165, 1.54) is 12.1 Å². The third kappa shape index (κ3) is 4.19. The lowest BCUT2D eigenvalue weighted by Gasteiger charge is -2.28. The summed E-state index contributed by atoms with van der Waals surface area (Å²) in [4.78, 5) is 29.9. The van der Waals surface area contributed by atoms with Crippen molar-refractivity contribution >= 4 is 27.8 Å². The third-order valence-electron chi connectivity index (χ3n) is 4.46. The van der Waals surface area contributed by atoms with E-state index >= 15 is 0 Å². The molecule has 0 saturated heterocycles. The van der Waals surface area contributed by atoms with Crippen molar-refractivity contribution in [3.8, 4) is 5.75 Å². The van der Waals surface area contributed by atoms with E-state index in [2.05, 4.69) is 5.16 Å².